The smallest absolute Gasteiger partial charge is 0.128 e. The number of β-amino-alcohol motifs (C(OH)–C–C–N with tert-alkyl or cyclic N) is 1. The SMILES string of the molecule is C#CC1(OCC(O)CN2CCC(Cc3ccccc3)CC2)CCCCC1.Cl. The van der Waals surface area contributed by atoms with Gasteiger partial charge in [-0.25, -0.2) is 0 Å². The molecule has 1 N–H and O–H groups in total. The summed E-state index contributed by atoms with van der Waals surface area (Å²) in [4.78, 5) is 2.37. The van der Waals surface area contributed by atoms with Crippen molar-refractivity contribution in [3.8, 4) is 12.3 Å². The first kappa shape index (κ1) is 22.2. The molecule has 0 aromatic heterocycles. The molecule has 1 saturated carbocycles. The third-order valence-electron chi connectivity index (χ3n) is 6.02. The summed E-state index contributed by atoms with van der Waals surface area (Å²) in [6.07, 6.45) is 14.2. The molecule has 27 heavy (non-hydrogen) atoms. The number of hydrogen-bond acceptors (Lipinski definition) is 3. The maximum atomic E-state index is 10.4. The van der Waals surface area contributed by atoms with Gasteiger partial charge in [-0.15, -0.1) is 18.8 Å². The van der Waals surface area contributed by atoms with Crippen molar-refractivity contribution in [1.82, 2.24) is 4.90 Å². The summed E-state index contributed by atoms with van der Waals surface area (Å²) in [6.45, 7) is 3.18. The van der Waals surface area contributed by atoms with Crippen molar-refractivity contribution in [3.63, 3.8) is 0 Å². The molecule has 0 bridgehead atoms. The number of ether oxygens (including phenoxy) is 1. The highest BCUT2D eigenvalue weighted by atomic mass is 35.5. The van der Waals surface area contributed by atoms with E-state index in [2.05, 4.69) is 41.2 Å². The summed E-state index contributed by atoms with van der Waals surface area (Å²) < 4.78 is 6.01. The van der Waals surface area contributed by atoms with Gasteiger partial charge in [0.15, 0.2) is 0 Å². The number of hydrogen-bond donors (Lipinski definition) is 1. The molecule has 1 unspecified atom stereocenters. The van der Waals surface area contributed by atoms with Crippen molar-refractivity contribution in [3.05, 3.63) is 35.9 Å². The van der Waals surface area contributed by atoms with Gasteiger partial charge in [0.05, 0.1) is 12.7 Å². The first-order chi connectivity index (χ1) is 12.7. The molecule has 0 spiro atoms. The minimum atomic E-state index is -0.451. The Kier molecular flexibility index (Phi) is 9.12. The second-order valence-corrected chi connectivity index (χ2v) is 8.10. The van der Waals surface area contributed by atoms with E-state index >= 15 is 0 Å². The number of nitrogens with zero attached hydrogens (tertiary/aromatic N) is 1. The molecular weight excluding hydrogens is 358 g/mol. The van der Waals surface area contributed by atoms with E-state index in [9.17, 15) is 5.11 Å². The van der Waals surface area contributed by atoms with Crippen molar-refractivity contribution in [2.75, 3.05) is 26.2 Å². The zero-order chi connectivity index (χ0) is 18.2. The van der Waals surface area contributed by atoms with Gasteiger partial charge in [0.2, 0.25) is 0 Å². The number of aliphatic hydroxyl groups excluding tert-OH is 1. The molecule has 150 valence electrons. The van der Waals surface area contributed by atoms with Crippen LogP contribution >= 0.6 is 12.4 Å². The van der Waals surface area contributed by atoms with E-state index in [0.717, 1.165) is 44.7 Å². The Bertz CT molecular complexity index is 572. The monoisotopic (exact) mass is 391 g/mol. The topological polar surface area (TPSA) is 32.7 Å². The normalized spacial score (nSPS) is 21.8. The Labute approximate surface area is 170 Å². The van der Waals surface area contributed by atoms with E-state index in [-0.39, 0.29) is 12.4 Å². The Morgan fingerprint density at radius 3 is 2.44 bits per heavy atom. The molecule has 3 nitrogen and oxygen atoms in total. The molecule has 4 heteroatoms. The minimum Gasteiger partial charge on any atom is -0.389 e. The highest BCUT2D eigenvalue weighted by Crippen LogP contribution is 2.31. The van der Waals surface area contributed by atoms with Gasteiger partial charge in [0.25, 0.3) is 0 Å². The van der Waals surface area contributed by atoms with Gasteiger partial charge < -0.3 is 14.7 Å². The van der Waals surface area contributed by atoms with E-state index in [1.54, 1.807) is 0 Å². The molecule has 1 aromatic carbocycles. The Balaban J connectivity index is 0.00000261. The average molecular weight is 392 g/mol. The van der Waals surface area contributed by atoms with Crippen LogP contribution in [-0.2, 0) is 11.2 Å². The number of likely N-dealkylation sites (tertiary alicyclic amines) is 1. The summed E-state index contributed by atoms with van der Waals surface area (Å²) >= 11 is 0. The summed E-state index contributed by atoms with van der Waals surface area (Å²) in [7, 11) is 0. The molecule has 2 fully saturated rings. The fourth-order valence-corrected chi connectivity index (χ4v) is 4.38. The summed E-state index contributed by atoms with van der Waals surface area (Å²) in [5.41, 5.74) is 1.01. The molecule has 0 radical (unpaired) electrons. The number of piperidine rings is 1. The Hall–Kier alpha value is -1.05. The fraction of sp³-hybridized carbons (Fsp3) is 0.652. The first-order valence-electron chi connectivity index (χ1n) is 10.3. The zero-order valence-corrected chi connectivity index (χ0v) is 17.1. The minimum absolute atomic E-state index is 0. The maximum Gasteiger partial charge on any atom is 0.128 e. The van der Waals surface area contributed by atoms with Crippen LogP contribution < -0.4 is 0 Å². The lowest BCUT2D eigenvalue weighted by Crippen LogP contribution is -2.42. The zero-order valence-electron chi connectivity index (χ0n) is 16.3. The van der Waals surface area contributed by atoms with E-state index in [1.165, 1.54) is 31.2 Å². The second-order valence-electron chi connectivity index (χ2n) is 8.10. The lowest BCUT2D eigenvalue weighted by atomic mass is 9.85. The molecule has 1 aliphatic heterocycles. The summed E-state index contributed by atoms with van der Waals surface area (Å²) in [5, 5.41) is 10.4. The van der Waals surface area contributed by atoms with Gasteiger partial charge in [-0.2, -0.15) is 0 Å². The third kappa shape index (κ3) is 6.80. The number of rotatable bonds is 7. The van der Waals surface area contributed by atoms with E-state index < -0.39 is 11.7 Å². The molecule has 1 aliphatic carbocycles. The Morgan fingerprint density at radius 2 is 1.81 bits per heavy atom. The predicted molar refractivity (Wildman–Crippen MR) is 113 cm³/mol. The number of benzene rings is 1. The quantitative estimate of drug-likeness (QED) is 0.711. The maximum absolute atomic E-state index is 10.4. The van der Waals surface area contributed by atoms with Gasteiger partial charge in [-0.05, 0) is 69.5 Å². The van der Waals surface area contributed by atoms with Crippen LogP contribution in [0.15, 0.2) is 30.3 Å². The van der Waals surface area contributed by atoms with E-state index in [4.69, 9.17) is 11.2 Å². The summed E-state index contributed by atoms with van der Waals surface area (Å²) in [6, 6.07) is 10.8. The van der Waals surface area contributed by atoms with Gasteiger partial charge in [-0.1, -0.05) is 42.7 Å². The summed E-state index contributed by atoms with van der Waals surface area (Å²) in [5.74, 6) is 3.62. The van der Waals surface area contributed by atoms with E-state index in [1.807, 2.05) is 0 Å². The highest BCUT2D eigenvalue weighted by Gasteiger charge is 2.31. The third-order valence-corrected chi connectivity index (χ3v) is 6.02. The van der Waals surface area contributed by atoms with Crippen molar-refractivity contribution in [2.45, 2.75) is 63.1 Å². The molecule has 1 saturated heterocycles. The van der Waals surface area contributed by atoms with E-state index in [0.29, 0.717) is 13.2 Å². The van der Waals surface area contributed by atoms with Crippen LogP contribution in [0.5, 0.6) is 0 Å². The fourth-order valence-electron chi connectivity index (χ4n) is 4.38. The van der Waals surface area contributed by atoms with Crippen molar-refractivity contribution >= 4 is 12.4 Å². The lowest BCUT2D eigenvalue weighted by molar-refractivity contribution is -0.0710. The molecule has 0 amide bonds. The predicted octanol–water partition coefficient (Wildman–Crippen LogP) is 4.08. The average Bonchev–Trinajstić information content (AvgIpc) is 2.69. The number of halogens is 1. The van der Waals surface area contributed by atoms with Gasteiger partial charge in [0, 0.05) is 6.54 Å². The second kappa shape index (κ2) is 11.1. The molecule has 1 aromatic rings. The molecular formula is C23H34ClNO2. The van der Waals surface area contributed by atoms with Gasteiger partial charge in [-0.3, -0.25) is 0 Å². The standard InChI is InChI=1S/C23H33NO2.ClH/c1-2-23(13-7-4-8-14-23)26-19-22(25)18-24-15-11-21(12-16-24)17-20-9-5-3-6-10-20;/h1,3,5-6,9-10,21-22,25H,4,7-8,11-19H2;1H. The van der Waals surface area contributed by atoms with Crippen LogP contribution in [0.2, 0.25) is 0 Å². The van der Waals surface area contributed by atoms with Crippen LogP contribution in [0.1, 0.15) is 50.5 Å². The van der Waals surface area contributed by atoms with Gasteiger partial charge in [0.1, 0.15) is 5.60 Å². The highest BCUT2D eigenvalue weighted by molar-refractivity contribution is 5.85. The van der Waals surface area contributed by atoms with Crippen LogP contribution in [0, 0.1) is 18.3 Å². The van der Waals surface area contributed by atoms with Crippen molar-refractivity contribution in [2.24, 2.45) is 5.92 Å². The number of terminal acetylenes is 1. The Morgan fingerprint density at radius 1 is 1.15 bits per heavy atom. The van der Waals surface area contributed by atoms with Crippen LogP contribution in [0.4, 0.5) is 0 Å². The molecule has 3 rings (SSSR count). The van der Waals surface area contributed by atoms with Gasteiger partial charge >= 0.3 is 0 Å². The molecule has 2 aliphatic rings. The largest absolute Gasteiger partial charge is 0.389 e. The molecule has 1 atom stereocenters. The van der Waals surface area contributed by atoms with Crippen molar-refractivity contribution < 1.29 is 9.84 Å². The molecule has 1 heterocycles. The number of aliphatic hydroxyl groups is 1. The van der Waals surface area contributed by atoms with Crippen molar-refractivity contribution in [1.29, 1.82) is 0 Å². The lowest BCUT2D eigenvalue weighted by Gasteiger charge is -2.35. The van der Waals surface area contributed by atoms with Crippen LogP contribution in [-0.4, -0.2) is 48.0 Å². The van der Waals surface area contributed by atoms with Crippen LogP contribution in [0.3, 0.4) is 0 Å². The first-order valence-corrected chi connectivity index (χ1v) is 10.3. The van der Waals surface area contributed by atoms with Crippen LogP contribution in [0.25, 0.3) is 0 Å².